The van der Waals surface area contributed by atoms with Gasteiger partial charge in [0.1, 0.15) is 44.3 Å². The van der Waals surface area contributed by atoms with Crippen LogP contribution in [0.2, 0.25) is 0 Å². The lowest BCUT2D eigenvalue weighted by Crippen LogP contribution is -2.15. The number of azo groups is 2. The minimum Gasteiger partial charge on any atom is -0.505 e. The van der Waals surface area contributed by atoms with Crippen LogP contribution < -0.4 is 15.2 Å². The Morgan fingerprint density at radius 2 is 1.33 bits per heavy atom. The minimum absolute atomic E-state index is 0.0502. The van der Waals surface area contributed by atoms with Crippen molar-refractivity contribution in [2.75, 3.05) is 32.3 Å². The molecule has 0 aliphatic heterocycles. The van der Waals surface area contributed by atoms with Crippen LogP contribution in [0.25, 0.3) is 10.8 Å². The van der Waals surface area contributed by atoms with E-state index in [1.165, 1.54) is 20.3 Å². The highest BCUT2D eigenvalue weighted by molar-refractivity contribution is 8.19. The standard InChI is InChI=1S/C27H29N5O15S4/c1-14-10-20(46-3)18(13-19(14)45-2)30-32-26-22(50(39,40)41)12-15-11-21(49(36,37)38)25(24(28)23(15)27(26)33)31-29-16-4-6-17(7-5-16)48(34,35)9-8-47-51(42,43)44/h4-7,10-13,33,39-41H,8-9,28H2,1-3H3,(H,36,37,38)(H,42,43,44). The fourth-order valence-corrected chi connectivity index (χ4v) is 7.37. The zero-order chi connectivity index (χ0) is 38.1. The second-order valence-electron chi connectivity index (χ2n) is 10.3. The highest BCUT2D eigenvalue weighted by atomic mass is 32.3. The lowest BCUT2D eigenvalue weighted by Gasteiger charge is -2.23. The number of nitrogen functional groups attached to an aromatic ring is 1. The monoisotopic (exact) mass is 791 g/mol. The molecule has 0 aliphatic carbocycles. The zero-order valence-electron chi connectivity index (χ0n) is 26.4. The second kappa shape index (κ2) is 14.6. The predicted molar refractivity (Wildman–Crippen MR) is 182 cm³/mol. The van der Waals surface area contributed by atoms with Gasteiger partial charge in [0.05, 0.1) is 53.1 Å². The Morgan fingerprint density at radius 1 is 0.745 bits per heavy atom. The van der Waals surface area contributed by atoms with Gasteiger partial charge in [0.2, 0.25) is 0 Å². The number of methoxy groups -OCH3 is 2. The van der Waals surface area contributed by atoms with Gasteiger partial charge in [0, 0.05) is 6.07 Å². The van der Waals surface area contributed by atoms with Gasteiger partial charge in [-0.25, -0.2) is 12.6 Å². The number of benzene rings is 4. The molecule has 0 unspecified atom stereocenters. The smallest absolute Gasteiger partial charge is 0.397 e. The van der Waals surface area contributed by atoms with Crippen LogP contribution in [-0.2, 0) is 34.5 Å². The van der Waals surface area contributed by atoms with Crippen LogP contribution in [0.4, 0.5) is 28.4 Å². The summed E-state index contributed by atoms with van der Waals surface area (Å²) in [6.45, 7) is 0.858. The number of fused-ring (bicyclic) bond motifs is 1. The maximum atomic E-state index is 12.5. The summed E-state index contributed by atoms with van der Waals surface area (Å²) in [6, 6.07) is 8.97. The molecule has 20 nitrogen and oxygen atoms in total. The molecule has 0 saturated heterocycles. The quantitative estimate of drug-likeness (QED) is 0.0484. The van der Waals surface area contributed by atoms with Crippen LogP contribution in [0.5, 0.6) is 17.2 Å². The Morgan fingerprint density at radius 3 is 1.88 bits per heavy atom. The highest BCUT2D eigenvalue weighted by Gasteiger charge is 2.29. The number of anilines is 1. The normalized spacial score (nSPS) is 13.3. The summed E-state index contributed by atoms with van der Waals surface area (Å²) in [6.07, 6.45) is 0. The Kier molecular flexibility index (Phi) is 11.3. The van der Waals surface area contributed by atoms with E-state index < -0.39 is 86.2 Å². The van der Waals surface area contributed by atoms with Crippen molar-refractivity contribution in [1.29, 1.82) is 0 Å². The maximum Gasteiger partial charge on any atom is 0.397 e. The van der Waals surface area contributed by atoms with Gasteiger partial charge in [-0.1, -0.05) is 0 Å². The van der Waals surface area contributed by atoms with E-state index in [0.29, 0.717) is 11.3 Å². The lowest BCUT2D eigenvalue weighted by atomic mass is 10.1. The maximum absolute atomic E-state index is 12.5. The van der Waals surface area contributed by atoms with E-state index in [2.05, 4.69) is 24.6 Å². The topological polar surface area (TPSA) is 327 Å². The number of aromatic hydroxyl groups is 1. The number of ether oxygens (including phenoxy) is 2. The Labute approximate surface area is 292 Å². The summed E-state index contributed by atoms with van der Waals surface area (Å²) < 4.78 is 135. The molecule has 276 valence electrons. The molecule has 0 aromatic heterocycles. The summed E-state index contributed by atoms with van der Waals surface area (Å²) in [5.74, 6) is -1.17. The lowest BCUT2D eigenvalue weighted by molar-refractivity contribution is 0.284. The number of phenolic OH excluding ortho intramolecular Hbond substituents is 1. The molecule has 4 aromatic rings. The summed E-state index contributed by atoms with van der Waals surface area (Å²) in [4.78, 5) is -2.06. The molecule has 4 rings (SSSR count). The van der Waals surface area contributed by atoms with Gasteiger partial charge in [-0.3, -0.25) is 9.11 Å². The van der Waals surface area contributed by atoms with E-state index >= 15 is 0 Å². The van der Waals surface area contributed by atoms with E-state index in [9.17, 15) is 48.6 Å². The number of sulfone groups is 1. The molecule has 0 fully saturated rings. The average molecular weight is 792 g/mol. The third kappa shape index (κ3) is 9.06. The van der Waals surface area contributed by atoms with Crippen LogP contribution in [0.15, 0.2) is 83.7 Å². The first-order valence-corrected chi connectivity index (χ1v) is 19.6. The van der Waals surface area contributed by atoms with Crippen molar-refractivity contribution in [3.8, 4) is 17.2 Å². The van der Waals surface area contributed by atoms with Gasteiger partial charge >= 0.3 is 10.4 Å². The predicted octanol–water partition coefficient (Wildman–Crippen LogP) is 5.71. The zero-order valence-corrected chi connectivity index (χ0v) is 29.7. The molecule has 4 aromatic carbocycles. The van der Waals surface area contributed by atoms with E-state index in [1.807, 2.05) is 0 Å². The SMILES string of the molecule is COc1cc(N=Nc2c(S(O)(O)O)cc3cc(S(=O)(=O)O)c(N=Nc4ccc(S(=O)(=O)CCOS(=O)(=O)O)cc4)c(N)c3c2O)c(OC)cc1C. The van der Waals surface area contributed by atoms with Crippen LogP contribution >= 0.6 is 10.9 Å². The van der Waals surface area contributed by atoms with Gasteiger partial charge < -0.3 is 34.0 Å². The summed E-state index contributed by atoms with van der Waals surface area (Å²) in [7, 11) is -16.0. The van der Waals surface area contributed by atoms with Crippen molar-refractivity contribution in [3.63, 3.8) is 0 Å². The number of hydrogen-bond donors (Lipinski definition) is 7. The summed E-state index contributed by atoms with van der Waals surface area (Å²) >= 11 is 0. The molecule has 0 heterocycles. The van der Waals surface area contributed by atoms with Crippen molar-refractivity contribution in [2.24, 2.45) is 20.5 Å². The Bertz CT molecular complexity index is 2400. The number of aryl methyl sites for hydroxylation is 1. The average Bonchev–Trinajstić information content (AvgIpc) is 3.02. The number of nitrogens with zero attached hydrogens (tertiary/aromatic N) is 4. The first-order valence-electron chi connectivity index (χ1n) is 13.7. The molecule has 0 radical (unpaired) electrons. The van der Waals surface area contributed by atoms with Crippen molar-refractivity contribution in [3.05, 3.63) is 54.1 Å². The molecule has 0 amide bonds. The largest absolute Gasteiger partial charge is 0.505 e. The molecule has 24 heteroatoms. The van der Waals surface area contributed by atoms with Crippen LogP contribution in [-0.4, -0.2) is 79.7 Å². The van der Waals surface area contributed by atoms with E-state index in [0.717, 1.165) is 36.4 Å². The van der Waals surface area contributed by atoms with Gasteiger partial charge in [-0.15, -0.1) is 15.3 Å². The molecule has 0 saturated carbocycles. The Hall–Kier alpha value is -4.50. The number of phenols is 1. The minimum atomic E-state index is -5.15. The van der Waals surface area contributed by atoms with Crippen molar-refractivity contribution < 1.29 is 66.8 Å². The van der Waals surface area contributed by atoms with Crippen molar-refractivity contribution in [1.82, 2.24) is 0 Å². The third-order valence-corrected chi connectivity index (χ3v) is 10.8. The van der Waals surface area contributed by atoms with Gasteiger partial charge in [0.15, 0.2) is 15.6 Å². The van der Waals surface area contributed by atoms with Crippen LogP contribution in [0.1, 0.15) is 5.56 Å². The van der Waals surface area contributed by atoms with E-state index in [4.69, 9.17) is 19.8 Å². The molecule has 51 heavy (non-hydrogen) atoms. The van der Waals surface area contributed by atoms with E-state index in [1.54, 1.807) is 13.0 Å². The molecular formula is C27H29N5O15S4. The van der Waals surface area contributed by atoms with Crippen LogP contribution in [0.3, 0.4) is 0 Å². The van der Waals surface area contributed by atoms with Gasteiger partial charge in [0.25, 0.3) is 10.1 Å². The number of rotatable bonds is 13. The molecule has 0 spiro atoms. The van der Waals surface area contributed by atoms with Crippen LogP contribution in [0, 0.1) is 6.92 Å². The molecule has 8 N–H and O–H groups in total. The summed E-state index contributed by atoms with van der Waals surface area (Å²) in [5, 5.41) is 26.2. The summed E-state index contributed by atoms with van der Waals surface area (Å²) in [5.41, 5.74) is 4.85. The first-order chi connectivity index (χ1) is 23.6. The van der Waals surface area contributed by atoms with Crippen molar-refractivity contribution >= 4 is 80.4 Å². The fraction of sp³-hybridized carbons (Fsp3) is 0.185. The van der Waals surface area contributed by atoms with E-state index in [-0.39, 0.29) is 32.8 Å². The van der Waals surface area contributed by atoms with Crippen molar-refractivity contribution in [2.45, 2.75) is 21.6 Å². The fourth-order valence-electron chi connectivity index (χ4n) is 4.53. The number of hydrogen-bond acceptors (Lipinski definition) is 18. The third-order valence-electron chi connectivity index (χ3n) is 6.89. The highest BCUT2D eigenvalue weighted by Crippen LogP contribution is 2.56. The molecular weight excluding hydrogens is 763 g/mol. The molecule has 0 atom stereocenters. The number of nitrogens with two attached hydrogens (primary N) is 1. The molecule has 0 aliphatic rings. The van der Waals surface area contributed by atoms with Gasteiger partial charge in [-0.05, 0) is 60.3 Å². The second-order valence-corrected chi connectivity index (χ2v) is 16.3. The first kappa shape index (κ1) is 39.3. The van der Waals surface area contributed by atoms with Gasteiger partial charge in [-0.2, -0.15) is 21.9 Å². The Balaban J connectivity index is 1.85. The molecule has 0 bridgehead atoms.